The first-order valence-electron chi connectivity index (χ1n) is 5.30. The summed E-state index contributed by atoms with van der Waals surface area (Å²) in [5.41, 5.74) is 0.926. The second-order valence-electron chi connectivity index (χ2n) is 3.79. The Kier molecular flexibility index (Phi) is 3.66. The van der Waals surface area contributed by atoms with Crippen LogP contribution in [0.3, 0.4) is 0 Å². The first-order chi connectivity index (χ1) is 8.58. The molecule has 0 fully saturated rings. The standard InChI is InChI=1S/C12H11BrN2O3/c13-9-2-1-3-10-8(9)4-5-15(10)7-11(16)14-6-12(17)18/h1-5H,6-7H2,(H,14,16)(H,17,18). The van der Waals surface area contributed by atoms with Gasteiger partial charge >= 0.3 is 5.97 Å². The van der Waals surface area contributed by atoms with Crippen molar-refractivity contribution in [3.63, 3.8) is 0 Å². The van der Waals surface area contributed by atoms with Crippen LogP contribution >= 0.6 is 15.9 Å². The molecule has 6 heteroatoms. The summed E-state index contributed by atoms with van der Waals surface area (Å²) in [6.07, 6.45) is 1.80. The molecular formula is C12H11BrN2O3. The van der Waals surface area contributed by atoms with Crippen LogP contribution < -0.4 is 5.32 Å². The van der Waals surface area contributed by atoms with E-state index in [-0.39, 0.29) is 19.0 Å². The Morgan fingerprint density at radius 2 is 2.11 bits per heavy atom. The third-order valence-electron chi connectivity index (χ3n) is 2.51. The maximum atomic E-state index is 11.5. The molecule has 0 unspecified atom stereocenters. The average molecular weight is 311 g/mol. The quantitative estimate of drug-likeness (QED) is 0.901. The Morgan fingerprint density at radius 1 is 1.33 bits per heavy atom. The molecule has 0 saturated carbocycles. The highest BCUT2D eigenvalue weighted by atomic mass is 79.9. The van der Waals surface area contributed by atoms with E-state index >= 15 is 0 Å². The Hall–Kier alpha value is -1.82. The lowest BCUT2D eigenvalue weighted by Crippen LogP contribution is -2.31. The van der Waals surface area contributed by atoms with Gasteiger partial charge in [0.2, 0.25) is 5.91 Å². The predicted octanol–water partition coefficient (Wildman–Crippen LogP) is 1.60. The molecule has 5 nitrogen and oxygen atoms in total. The molecule has 1 aromatic heterocycles. The van der Waals surface area contributed by atoms with Gasteiger partial charge in [-0.25, -0.2) is 0 Å². The van der Waals surface area contributed by atoms with E-state index in [1.807, 2.05) is 24.3 Å². The number of nitrogens with one attached hydrogen (secondary N) is 1. The monoisotopic (exact) mass is 310 g/mol. The summed E-state index contributed by atoms with van der Waals surface area (Å²) < 4.78 is 2.74. The molecular weight excluding hydrogens is 300 g/mol. The van der Waals surface area contributed by atoms with E-state index in [4.69, 9.17) is 5.11 Å². The first-order valence-corrected chi connectivity index (χ1v) is 6.09. The summed E-state index contributed by atoms with van der Waals surface area (Å²) in [5, 5.41) is 11.8. The van der Waals surface area contributed by atoms with Gasteiger partial charge in [-0.3, -0.25) is 9.59 Å². The molecule has 0 radical (unpaired) electrons. The van der Waals surface area contributed by atoms with Crippen molar-refractivity contribution in [1.82, 2.24) is 9.88 Å². The lowest BCUT2D eigenvalue weighted by Gasteiger charge is -2.05. The number of aromatic nitrogens is 1. The lowest BCUT2D eigenvalue weighted by molar-refractivity contribution is -0.138. The Balaban J connectivity index is 2.15. The molecule has 1 amide bonds. The van der Waals surface area contributed by atoms with Crippen LogP contribution in [0.1, 0.15) is 0 Å². The fraction of sp³-hybridized carbons (Fsp3) is 0.167. The number of nitrogens with zero attached hydrogens (tertiary/aromatic N) is 1. The summed E-state index contributed by atoms with van der Waals surface area (Å²) in [5.74, 6) is -1.38. The number of hydrogen-bond acceptors (Lipinski definition) is 2. The number of fused-ring (bicyclic) bond motifs is 1. The van der Waals surface area contributed by atoms with E-state index in [1.54, 1.807) is 10.8 Å². The average Bonchev–Trinajstić information content (AvgIpc) is 2.72. The van der Waals surface area contributed by atoms with E-state index in [2.05, 4.69) is 21.2 Å². The van der Waals surface area contributed by atoms with Crippen molar-refractivity contribution in [3.05, 3.63) is 34.9 Å². The summed E-state index contributed by atoms with van der Waals surface area (Å²) in [7, 11) is 0. The number of aliphatic carboxylic acids is 1. The minimum Gasteiger partial charge on any atom is -0.480 e. The van der Waals surface area contributed by atoms with Gasteiger partial charge in [-0.1, -0.05) is 22.0 Å². The topological polar surface area (TPSA) is 71.3 Å². The number of benzene rings is 1. The van der Waals surface area contributed by atoms with Crippen LogP contribution in [-0.2, 0) is 16.1 Å². The van der Waals surface area contributed by atoms with Gasteiger partial charge < -0.3 is 15.0 Å². The molecule has 2 rings (SSSR count). The molecule has 0 aliphatic rings. The minimum atomic E-state index is -1.05. The zero-order valence-corrected chi connectivity index (χ0v) is 11.0. The number of carbonyl (C=O) groups excluding carboxylic acids is 1. The molecule has 0 aliphatic carbocycles. The van der Waals surface area contributed by atoms with E-state index in [0.29, 0.717) is 0 Å². The fourth-order valence-corrected chi connectivity index (χ4v) is 2.20. The van der Waals surface area contributed by atoms with E-state index in [0.717, 1.165) is 15.4 Å². The summed E-state index contributed by atoms with van der Waals surface area (Å²) in [4.78, 5) is 21.9. The van der Waals surface area contributed by atoms with Crippen LogP contribution in [0.2, 0.25) is 0 Å². The smallest absolute Gasteiger partial charge is 0.322 e. The third kappa shape index (κ3) is 2.70. The van der Waals surface area contributed by atoms with Gasteiger partial charge in [0.15, 0.2) is 0 Å². The SMILES string of the molecule is O=C(O)CNC(=O)Cn1ccc2c(Br)cccc21. The molecule has 0 atom stereocenters. The van der Waals surface area contributed by atoms with Crippen molar-refractivity contribution in [2.75, 3.05) is 6.54 Å². The predicted molar refractivity (Wildman–Crippen MR) is 70.3 cm³/mol. The highest BCUT2D eigenvalue weighted by Gasteiger charge is 2.08. The van der Waals surface area contributed by atoms with E-state index in [9.17, 15) is 9.59 Å². The van der Waals surface area contributed by atoms with Crippen molar-refractivity contribution < 1.29 is 14.7 Å². The summed E-state index contributed by atoms with van der Waals surface area (Å²) >= 11 is 3.43. The number of rotatable bonds is 4. The van der Waals surface area contributed by atoms with Crippen LogP contribution in [0.25, 0.3) is 10.9 Å². The maximum Gasteiger partial charge on any atom is 0.322 e. The molecule has 2 aromatic rings. The van der Waals surface area contributed by atoms with E-state index in [1.165, 1.54) is 0 Å². The van der Waals surface area contributed by atoms with Gasteiger partial charge in [-0.2, -0.15) is 0 Å². The highest BCUT2D eigenvalue weighted by molar-refractivity contribution is 9.10. The molecule has 1 aromatic carbocycles. The zero-order chi connectivity index (χ0) is 13.1. The zero-order valence-electron chi connectivity index (χ0n) is 9.39. The molecule has 0 spiro atoms. The highest BCUT2D eigenvalue weighted by Crippen LogP contribution is 2.24. The number of carboxylic acid groups (broad SMARTS) is 1. The molecule has 18 heavy (non-hydrogen) atoms. The molecule has 94 valence electrons. The van der Waals surface area contributed by atoms with Crippen molar-refractivity contribution in [2.24, 2.45) is 0 Å². The Labute approximate surface area is 112 Å². The van der Waals surface area contributed by atoms with Crippen molar-refractivity contribution >= 4 is 38.7 Å². The van der Waals surface area contributed by atoms with Crippen LogP contribution in [0.5, 0.6) is 0 Å². The number of halogens is 1. The normalized spacial score (nSPS) is 10.5. The van der Waals surface area contributed by atoms with Crippen molar-refractivity contribution in [2.45, 2.75) is 6.54 Å². The van der Waals surface area contributed by atoms with Crippen LogP contribution in [0.15, 0.2) is 34.9 Å². The third-order valence-corrected chi connectivity index (χ3v) is 3.20. The van der Waals surface area contributed by atoms with Crippen LogP contribution in [0, 0.1) is 0 Å². The molecule has 2 N–H and O–H groups in total. The van der Waals surface area contributed by atoms with Crippen LogP contribution in [0.4, 0.5) is 0 Å². The van der Waals surface area contributed by atoms with E-state index < -0.39 is 5.97 Å². The Morgan fingerprint density at radius 3 is 2.83 bits per heavy atom. The first kappa shape index (κ1) is 12.6. The molecule has 0 saturated heterocycles. The van der Waals surface area contributed by atoms with Gasteiger partial charge in [0.1, 0.15) is 13.1 Å². The maximum absolute atomic E-state index is 11.5. The number of hydrogen-bond donors (Lipinski definition) is 2. The fourth-order valence-electron chi connectivity index (χ4n) is 1.71. The molecule has 0 aliphatic heterocycles. The van der Waals surface area contributed by atoms with Crippen molar-refractivity contribution in [1.29, 1.82) is 0 Å². The second-order valence-corrected chi connectivity index (χ2v) is 4.64. The molecule has 0 bridgehead atoms. The van der Waals surface area contributed by atoms with Crippen LogP contribution in [-0.4, -0.2) is 28.1 Å². The van der Waals surface area contributed by atoms with Gasteiger partial charge in [-0.05, 0) is 18.2 Å². The Bertz CT molecular complexity index is 606. The molecule has 1 heterocycles. The van der Waals surface area contributed by atoms with Gasteiger partial charge in [0.25, 0.3) is 0 Å². The summed E-state index contributed by atoms with van der Waals surface area (Å²) in [6, 6.07) is 7.63. The lowest BCUT2D eigenvalue weighted by atomic mass is 10.2. The van der Waals surface area contributed by atoms with Gasteiger partial charge in [0.05, 0.1) is 0 Å². The van der Waals surface area contributed by atoms with Crippen molar-refractivity contribution in [3.8, 4) is 0 Å². The second kappa shape index (κ2) is 5.22. The van der Waals surface area contributed by atoms with Gasteiger partial charge in [-0.15, -0.1) is 0 Å². The number of amides is 1. The number of carboxylic acids is 1. The van der Waals surface area contributed by atoms with Gasteiger partial charge in [0, 0.05) is 21.6 Å². The minimum absolute atomic E-state index is 0.104. The summed E-state index contributed by atoms with van der Waals surface area (Å²) in [6.45, 7) is -0.255. The largest absolute Gasteiger partial charge is 0.480 e. The number of carbonyl (C=O) groups is 2.